The lowest BCUT2D eigenvalue weighted by molar-refractivity contribution is 0.0998. The molecule has 0 spiro atoms. The average molecular weight is 504 g/mol. The number of nitrogens with zero attached hydrogens (tertiary/aromatic N) is 3. The molecule has 178 valence electrons. The summed E-state index contributed by atoms with van der Waals surface area (Å²) in [7, 11) is -3.73. The Balaban J connectivity index is 1.48. The van der Waals surface area contributed by atoms with Crippen molar-refractivity contribution in [2.75, 3.05) is 10.8 Å². The highest BCUT2D eigenvalue weighted by Gasteiger charge is 2.29. The highest BCUT2D eigenvalue weighted by molar-refractivity contribution is 7.92. The predicted octanol–water partition coefficient (Wildman–Crippen LogP) is 5.08. The summed E-state index contributed by atoms with van der Waals surface area (Å²) in [6.07, 6.45) is 3.41. The molecule has 3 aromatic carbocycles. The summed E-state index contributed by atoms with van der Waals surface area (Å²) in [5.41, 5.74) is 4.22. The van der Waals surface area contributed by atoms with E-state index >= 15 is 0 Å². The highest BCUT2D eigenvalue weighted by Crippen LogP contribution is 2.31. The highest BCUT2D eigenvalue weighted by atomic mass is 32.2. The monoisotopic (exact) mass is 503 g/mol. The van der Waals surface area contributed by atoms with Crippen molar-refractivity contribution in [3.63, 3.8) is 0 Å². The molecule has 4 aromatic rings. The van der Waals surface area contributed by atoms with Gasteiger partial charge in [-0.1, -0.05) is 47.7 Å². The van der Waals surface area contributed by atoms with Crippen molar-refractivity contribution in [3.05, 3.63) is 101 Å². The number of sulfonamides is 1. The van der Waals surface area contributed by atoms with Crippen LogP contribution in [0.3, 0.4) is 0 Å². The van der Waals surface area contributed by atoms with Gasteiger partial charge in [0, 0.05) is 18.7 Å². The third-order valence-corrected chi connectivity index (χ3v) is 9.04. The zero-order valence-electron chi connectivity index (χ0n) is 19.3. The zero-order valence-corrected chi connectivity index (χ0v) is 21.0. The Labute approximate surface area is 208 Å². The molecule has 2 heterocycles. The first-order valence-electron chi connectivity index (χ1n) is 11.4. The van der Waals surface area contributed by atoms with Crippen molar-refractivity contribution < 1.29 is 13.2 Å². The largest absolute Gasteiger partial charge is 0.312 e. The second kappa shape index (κ2) is 9.28. The molecule has 0 unspecified atom stereocenters. The number of anilines is 1. The van der Waals surface area contributed by atoms with Crippen LogP contribution in [-0.2, 0) is 23.0 Å². The number of para-hydroxylation sites is 2. The number of hydrogen-bond acceptors (Lipinski definition) is 4. The van der Waals surface area contributed by atoms with Crippen LogP contribution in [0.2, 0.25) is 0 Å². The van der Waals surface area contributed by atoms with Gasteiger partial charge in [0.1, 0.15) is 0 Å². The van der Waals surface area contributed by atoms with Gasteiger partial charge in [-0.25, -0.2) is 8.42 Å². The molecule has 1 aromatic heterocycles. The molecule has 0 bridgehead atoms. The van der Waals surface area contributed by atoms with Gasteiger partial charge in [-0.15, -0.1) is 6.58 Å². The molecule has 0 atom stereocenters. The lowest BCUT2D eigenvalue weighted by Crippen LogP contribution is -2.35. The molecule has 0 N–H and O–H groups in total. The second-order valence-corrected chi connectivity index (χ2v) is 11.3. The van der Waals surface area contributed by atoms with Crippen molar-refractivity contribution in [2.45, 2.75) is 31.2 Å². The number of benzene rings is 3. The molecule has 0 radical (unpaired) electrons. The van der Waals surface area contributed by atoms with Crippen molar-refractivity contribution in [1.29, 1.82) is 0 Å². The predicted molar refractivity (Wildman–Crippen MR) is 140 cm³/mol. The van der Waals surface area contributed by atoms with Gasteiger partial charge in [0.2, 0.25) is 0 Å². The van der Waals surface area contributed by atoms with E-state index in [0.717, 1.165) is 39.9 Å². The van der Waals surface area contributed by atoms with E-state index in [-0.39, 0.29) is 4.90 Å². The molecule has 0 aliphatic carbocycles. The quantitative estimate of drug-likeness (QED) is 0.357. The number of carbonyl (C=O) groups excluding carboxylic acids is 1. The Hall–Kier alpha value is -3.49. The molecule has 0 saturated carbocycles. The van der Waals surface area contributed by atoms with E-state index in [0.29, 0.717) is 23.5 Å². The standard InChI is InChI=1S/C27H25N3O3S2/c1-3-17-29-25-19(2)8-6-12-24(25)34-27(29)28-26(31)21-13-15-22(16-14-21)35(32,33)30-18-7-10-20-9-4-5-11-23(20)30/h3-6,8-9,11-16H,1,7,10,17-18H2,2H3. The summed E-state index contributed by atoms with van der Waals surface area (Å²) < 4.78 is 31.2. The van der Waals surface area contributed by atoms with Gasteiger partial charge in [-0.3, -0.25) is 9.10 Å². The fourth-order valence-corrected chi connectivity index (χ4v) is 7.14. The Morgan fingerprint density at radius 1 is 1.09 bits per heavy atom. The Morgan fingerprint density at radius 3 is 2.63 bits per heavy atom. The van der Waals surface area contributed by atoms with Crippen LogP contribution in [-0.4, -0.2) is 25.4 Å². The van der Waals surface area contributed by atoms with E-state index in [9.17, 15) is 13.2 Å². The maximum absolute atomic E-state index is 13.4. The topological polar surface area (TPSA) is 71.7 Å². The smallest absolute Gasteiger partial charge is 0.279 e. The summed E-state index contributed by atoms with van der Waals surface area (Å²) in [6, 6.07) is 19.6. The van der Waals surface area contributed by atoms with Gasteiger partial charge in [0.15, 0.2) is 4.80 Å². The fraction of sp³-hybridized carbons (Fsp3) is 0.185. The van der Waals surface area contributed by atoms with Gasteiger partial charge in [0.05, 0.1) is 20.8 Å². The Bertz CT molecular complexity index is 1610. The van der Waals surface area contributed by atoms with Gasteiger partial charge in [0.25, 0.3) is 15.9 Å². The maximum atomic E-state index is 13.4. The van der Waals surface area contributed by atoms with Crippen LogP contribution in [0, 0.1) is 6.92 Å². The number of allylic oxidation sites excluding steroid dienone is 1. The minimum absolute atomic E-state index is 0.157. The van der Waals surface area contributed by atoms with Crippen LogP contribution < -0.4 is 9.11 Å². The van der Waals surface area contributed by atoms with Crippen molar-refractivity contribution in [1.82, 2.24) is 4.57 Å². The number of fused-ring (bicyclic) bond motifs is 2. The summed E-state index contributed by atoms with van der Waals surface area (Å²) in [5, 5.41) is 0. The van der Waals surface area contributed by atoms with Crippen molar-refractivity contribution in [3.8, 4) is 0 Å². The third-order valence-electron chi connectivity index (χ3n) is 6.17. The lowest BCUT2D eigenvalue weighted by Gasteiger charge is -2.30. The number of amides is 1. The number of thiazole rings is 1. The molecule has 6 nitrogen and oxygen atoms in total. The fourth-order valence-electron chi connectivity index (χ4n) is 4.49. The van der Waals surface area contributed by atoms with E-state index < -0.39 is 15.9 Å². The van der Waals surface area contributed by atoms with Crippen LogP contribution in [0.5, 0.6) is 0 Å². The average Bonchev–Trinajstić information content (AvgIpc) is 3.22. The molecule has 1 amide bonds. The van der Waals surface area contributed by atoms with E-state index in [4.69, 9.17) is 0 Å². The van der Waals surface area contributed by atoms with E-state index in [1.807, 2.05) is 54.0 Å². The molecule has 35 heavy (non-hydrogen) atoms. The van der Waals surface area contributed by atoms with E-state index in [2.05, 4.69) is 11.6 Å². The first-order valence-corrected chi connectivity index (χ1v) is 13.7. The molecular formula is C27H25N3O3S2. The van der Waals surface area contributed by atoms with Crippen LogP contribution in [0.15, 0.2) is 89.3 Å². The van der Waals surface area contributed by atoms with Gasteiger partial charge >= 0.3 is 0 Å². The van der Waals surface area contributed by atoms with Crippen LogP contribution in [0.1, 0.15) is 27.9 Å². The molecule has 1 aliphatic rings. The van der Waals surface area contributed by atoms with Crippen LogP contribution in [0.25, 0.3) is 10.2 Å². The molecule has 1 aliphatic heterocycles. The van der Waals surface area contributed by atoms with Crippen LogP contribution in [0.4, 0.5) is 5.69 Å². The van der Waals surface area contributed by atoms with Gasteiger partial charge < -0.3 is 4.57 Å². The Kier molecular flexibility index (Phi) is 6.17. The number of aromatic nitrogens is 1. The van der Waals surface area contributed by atoms with E-state index in [1.165, 1.54) is 39.9 Å². The van der Waals surface area contributed by atoms with Crippen molar-refractivity contribution >= 4 is 43.2 Å². The van der Waals surface area contributed by atoms with E-state index in [1.54, 1.807) is 6.08 Å². The zero-order chi connectivity index (χ0) is 24.6. The summed E-state index contributed by atoms with van der Waals surface area (Å²) in [5.74, 6) is -0.417. The number of rotatable bonds is 5. The lowest BCUT2D eigenvalue weighted by atomic mass is 10.0. The number of hydrogen-bond donors (Lipinski definition) is 0. The summed E-state index contributed by atoms with van der Waals surface area (Å²) in [4.78, 5) is 18.1. The van der Waals surface area contributed by atoms with Crippen molar-refractivity contribution in [2.24, 2.45) is 4.99 Å². The summed E-state index contributed by atoms with van der Waals surface area (Å²) >= 11 is 1.45. The minimum Gasteiger partial charge on any atom is -0.312 e. The third kappa shape index (κ3) is 4.24. The minimum atomic E-state index is -3.73. The molecule has 0 saturated heterocycles. The Morgan fingerprint density at radius 2 is 1.86 bits per heavy atom. The first kappa shape index (κ1) is 23.3. The second-order valence-electron chi connectivity index (χ2n) is 8.46. The number of carbonyl (C=O) groups is 1. The first-order chi connectivity index (χ1) is 16.9. The van der Waals surface area contributed by atoms with Crippen LogP contribution >= 0.6 is 11.3 Å². The SMILES string of the molecule is C=CCn1c(=NC(=O)c2ccc(S(=O)(=O)N3CCCc4ccccc43)cc2)sc2cccc(C)c21. The molecular weight excluding hydrogens is 478 g/mol. The molecule has 5 rings (SSSR count). The maximum Gasteiger partial charge on any atom is 0.279 e. The summed E-state index contributed by atoms with van der Waals surface area (Å²) in [6.45, 7) is 6.83. The van der Waals surface area contributed by atoms with Gasteiger partial charge in [-0.2, -0.15) is 4.99 Å². The van der Waals surface area contributed by atoms with Gasteiger partial charge in [-0.05, 0) is 67.3 Å². The number of aryl methyl sites for hydroxylation is 2. The molecule has 8 heteroatoms. The normalized spacial score (nSPS) is 14.2. The molecule has 0 fully saturated rings.